The number of hydrogen-bond acceptors (Lipinski definition) is 3. The van der Waals surface area contributed by atoms with Gasteiger partial charge in [-0.2, -0.15) is 0 Å². The summed E-state index contributed by atoms with van der Waals surface area (Å²) in [6.07, 6.45) is -1.28. The molecule has 1 heterocycles. The number of ether oxygens (including phenoxy) is 1. The Labute approximate surface area is 95.4 Å². The molecule has 0 aliphatic carbocycles. The molecule has 4 nitrogen and oxygen atoms in total. The average molecular weight is 218 g/mol. The van der Waals surface area contributed by atoms with Crippen LogP contribution in [0.1, 0.15) is 38.2 Å². The lowest BCUT2D eigenvalue weighted by Gasteiger charge is -2.35. The predicted molar refractivity (Wildman–Crippen MR) is 57.6 cm³/mol. The Morgan fingerprint density at radius 1 is 1.60 bits per heavy atom. The molecular formula is C11H21NO3. The molecule has 0 unspecified atom stereocenters. The van der Waals surface area contributed by atoms with E-state index in [-0.39, 0.29) is 13.0 Å². The number of piperidine rings is 1. The second kappa shape index (κ2) is 4.39. The fraction of sp³-hybridized carbons (Fsp3) is 0.909. The molecule has 15 heavy (non-hydrogen) atoms. The molecule has 0 spiro atoms. The Kier molecular flexibility index (Phi) is 2.46. The van der Waals surface area contributed by atoms with Crippen LogP contribution in [-0.2, 0) is 4.74 Å². The monoisotopic (exact) mass is 218 g/mol. The highest BCUT2D eigenvalue weighted by Crippen LogP contribution is 2.19. The van der Waals surface area contributed by atoms with Crippen LogP contribution < -0.4 is 0 Å². The summed E-state index contributed by atoms with van der Waals surface area (Å²) >= 11 is 0. The third-order valence-corrected chi connectivity index (χ3v) is 2.23. The standard InChI is InChI=1S/C11H21NO3/c1-8-5-6-12(7-9(8)13)10(14)15-11(2,3)4/h8-9,13H,5-7H2,1-4H3/t8-,9+/m1/s1/i1D3. The van der Waals surface area contributed by atoms with Crippen molar-refractivity contribution >= 4 is 6.09 Å². The van der Waals surface area contributed by atoms with Crippen LogP contribution in [0.4, 0.5) is 4.79 Å². The van der Waals surface area contributed by atoms with Crippen LogP contribution in [0.2, 0.25) is 0 Å². The molecule has 2 atom stereocenters. The molecule has 1 amide bonds. The largest absolute Gasteiger partial charge is 0.444 e. The van der Waals surface area contributed by atoms with Gasteiger partial charge in [-0.1, -0.05) is 6.85 Å². The van der Waals surface area contributed by atoms with Gasteiger partial charge in [0.15, 0.2) is 0 Å². The maximum absolute atomic E-state index is 11.8. The van der Waals surface area contributed by atoms with Crippen LogP contribution in [0.3, 0.4) is 0 Å². The maximum atomic E-state index is 11.8. The van der Waals surface area contributed by atoms with E-state index in [1.165, 1.54) is 4.90 Å². The maximum Gasteiger partial charge on any atom is 0.410 e. The summed E-state index contributed by atoms with van der Waals surface area (Å²) in [4.78, 5) is 13.1. The second-order valence-electron chi connectivity index (χ2n) is 4.89. The third kappa shape index (κ3) is 3.70. The van der Waals surface area contributed by atoms with Crippen molar-refractivity contribution in [1.82, 2.24) is 4.90 Å². The molecule has 0 saturated carbocycles. The lowest BCUT2D eigenvalue weighted by Crippen LogP contribution is -2.47. The molecule has 0 radical (unpaired) electrons. The Hall–Kier alpha value is -0.770. The first-order valence-corrected chi connectivity index (χ1v) is 5.17. The molecule has 0 aromatic heterocycles. The molecule has 4 heteroatoms. The fourth-order valence-electron chi connectivity index (χ4n) is 1.42. The summed E-state index contributed by atoms with van der Waals surface area (Å²) in [5, 5.41) is 9.81. The van der Waals surface area contributed by atoms with Gasteiger partial charge in [-0.25, -0.2) is 4.79 Å². The highest BCUT2D eigenvalue weighted by molar-refractivity contribution is 5.68. The van der Waals surface area contributed by atoms with E-state index in [1.54, 1.807) is 20.8 Å². The van der Waals surface area contributed by atoms with Gasteiger partial charge in [-0.3, -0.25) is 0 Å². The summed E-state index contributed by atoms with van der Waals surface area (Å²) in [7, 11) is 0. The zero-order valence-electron chi connectivity index (χ0n) is 12.5. The SMILES string of the molecule is [2H]C([2H])([2H])[C@@H]1CCN(C(=O)OC(C)(C)C)C[C@@H]1O. The van der Waals surface area contributed by atoms with Gasteiger partial charge in [0.05, 0.1) is 12.6 Å². The zero-order valence-corrected chi connectivity index (χ0v) is 9.49. The number of carbonyl (C=O) groups excluding carboxylic acids is 1. The van der Waals surface area contributed by atoms with Gasteiger partial charge >= 0.3 is 6.09 Å². The molecular weight excluding hydrogens is 194 g/mol. The number of likely N-dealkylation sites (tertiary alicyclic amines) is 1. The first-order valence-electron chi connectivity index (χ1n) is 6.67. The van der Waals surface area contributed by atoms with E-state index in [2.05, 4.69) is 0 Å². The van der Waals surface area contributed by atoms with Gasteiger partial charge in [-0.05, 0) is 33.1 Å². The highest BCUT2D eigenvalue weighted by Gasteiger charge is 2.29. The lowest BCUT2D eigenvalue weighted by molar-refractivity contribution is -0.00946. The minimum atomic E-state index is -2.18. The molecule has 1 fully saturated rings. The highest BCUT2D eigenvalue weighted by atomic mass is 16.6. The van der Waals surface area contributed by atoms with Crippen LogP contribution in [0.15, 0.2) is 0 Å². The van der Waals surface area contributed by atoms with Crippen LogP contribution in [0, 0.1) is 5.92 Å². The summed E-state index contributed by atoms with van der Waals surface area (Å²) in [6, 6.07) is 0. The van der Waals surface area contributed by atoms with Crippen molar-refractivity contribution < 1.29 is 18.8 Å². The lowest BCUT2D eigenvalue weighted by atomic mass is 9.96. The zero-order chi connectivity index (χ0) is 14.1. The molecule has 1 saturated heterocycles. The van der Waals surface area contributed by atoms with Crippen molar-refractivity contribution in [3.8, 4) is 0 Å². The number of rotatable bonds is 0. The third-order valence-electron chi connectivity index (χ3n) is 2.23. The summed E-state index contributed by atoms with van der Waals surface area (Å²) in [6.45, 7) is 3.41. The van der Waals surface area contributed by atoms with Crippen LogP contribution in [0.5, 0.6) is 0 Å². The van der Waals surface area contributed by atoms with E-state index < -0.39 is 30.6 Å². The molecule has 1 N–H and O–H groups in total. The quantitative estimate of drug-likeness (QED) is 0.672. The van der Waals surface area contributed by atoms with Gasteiger partial charge in [-0.15, -0.1) is 0 Å². The van der Waals surface area contributed by atoms with Gasteiger partial charge in [0, 0.05) is 10.7 Å². The van der Waals surface area contributed by atoms with Crippen molar-refractivity contribution in [1.29, 1.82) is 0 Å². The van der Waals surface area contributed by atoms with Gasteiger partial charge in [0.2, 0.25) is 0 Å². The minimum Gasteiger partial charge on any atom is -0.444 e. The molecule has 88 valence electrons. The summed E-state index contributed by atoms with van der Waals surface area (Å²) in [5.74, 6) is -0.767. The van der Waals surface area contributed by atoms with E-state index in [0.29, 0.717) is 6.54 Å². The normalized spacial score (nSPS) is 31.5. The number of aliphatic hydroxyl groups is 1. The Morgan fingerprint density at radius 3 is 2.73 bits per heavy atom. The Balaban J connectivity index is 2.59. The molecule has 1 aliphatic heterocycles. The molecule has 0 bridgehead atoms. The van der Waals surface area contributed by atoms with Crippen LogP contribution in [-0.4, -0.2) is 40.9 Å². The van der Waals surface area contributed by atoms with Crippen LogP contribution in [0.25, 0.3) is 0 Å². The topological polar surface area (TPSA) is 49.8 Å². The van der Waals surface area contributed by atoms with E-state index in [9.17, 15) is 9.90 Å². The van der Waals surface area contributed by atoms with Gasteiger partial charge in [0.25, 0.3) is 0 Å². The van der Waals surface area contributed by atoms with E-state index >= 15 is 0 Å². The average Bonchev–Trinajstić information content (AvgIpc) is 2.12. The number of hydrogen-bond donors (Lipinski definition) is 1. The van der Waals surface area contributed by atoms with Crippen molar-refractivity contribution in [2.75, 3.05) is 13.1 Å². The fourth-order valence-corrected chi connectivity index (χ4v) is 1.42. The number of nitrogens with zero attached hydrogens (tertiary/aromatic N) is 1. The van der Waals surface area contributed by atoms with E-state index in [0.717, 1.165) is 0 Å². The van der Waals surface area contributed by atoms with Gasteiger partial charge in [0.1, 0.15) is 5.60 Å². The Morgan fingerprint density at radius 2 is 2.27 bits per heavy atom. The number of β-amino-alcohol motifs (C(OH)–C–C–N with tert-alkyl or cyclic N) is 1. The second-order valence-corrected chi connectivity index (χ2v) is 4.89. The summed E-state index contributed by atoms with van der Waals surface area (Å²) < 4.78 is 27.1. The van der Waals surface area contributed by atoms with Crippen molar-refractivity contribution in [2.24, 2.45) is 5.92 Å². The predicted octanol–water partition coefficient (Wildman–Crippen LogP) is 1.62. The van der Waals surface area contributed by atoms with E-state index in [1.807, 2.05) is 0 Å². The van der Waals surface area contributed by atoms with E-state index in [4.69, 9.17) is 8.85 Å². The Bertz CT molecular complexity index is 312. The number of carbonyl (C=O) groups is 1. The first kappa shape index (κ1) is 8.39. The van der Waals surface area contributed by atoms with Gasteiger partial charge < -0.3 is 14.7 Å². The number of amides is 1. The van der Waals surface area contributed by atoms with Crippen molar-refractivity contribution in [3.05, 3.63) is 0 Å². The first-order chi connectivity index (χ1) is 8.00. The molecule has 0 aromatic rings. The smallest absolute Gasteiger partial charge is 0.410 e. The number of aliphatic hydroxyl groups excluding tert-OH is 1. The molecule has 1 aliphatic rings. The van der Waals surface area contributed by atoms with Crippen LogP contribution >= 0.6 is 0 Å². The van der Waals surface area contributed by atoms with Crippen molar-refractivity contribution in [3.63, 3.8) is 0 Å². The molecule has 0 aromatic carbocycles. The molecule has 1 rings (SSSR count). The summed E-state index contributed by atoms with van der Waals surface area (Å²) in [5.41, 5.74) is -0.594. The van der Waals surface area contributed by atoms with Crippen molar-refractivity contribution in [2.45, 2.75) is 45.7 Å². The minimum absolute atomic E-state index is 0.0119.